The minimum Gasteiger partial charge on any atom is -0.396 e. The molecule has 1 aromatic heterocycles. The first-order valence-electron chi connectivity index (χ1n) is 7.11. The lowest BCUT2D eigenvalue weighted by atomic mass is 10.0. The summed E-state index contributed by atoms with van der Waals surface area (Å²) in [5.41, 5.74) is 0. The number of aliphatic hydroxyl groups excluding tert-OH is 1. The van der Waals surface area contributed by atoms with Crippen molar-refractivity contribution in [2.24, 2.45) is 5.92 Å². The molecule has 18 heavy (non-hydrogen) atoms. The van der Waals surface area contributed by atoms with Gasteiger partial charge in [-0.25, -0.2) is 9.67 Å². The maximum absolute atomic E-state index is 9.20. The normalized spacial score (nSPS) is 24.4. The number of rotatable bonds is 4. The minimum atomic E-state index is 0.266. The summed E-state index contributed by atoms with van der Waals surface area (Å²) in [7, 11) is 0. The molecule has 0 aliphatic carbocycles. The SMILES string of the molecule is OCC1CCc2nc(CCN3CCCC3)nn2C1. The second kappa shape index (κ2) is 5.36. The van der Waals surface area contributed by atoms with Crippen molar-refractivity contribution < 1.29 is 5.11 Å². The highest BCUT2D eigenvalue weighted by atomic mass is 16.3. The molecule has 0 spiro atoms. The summed E-state index contributed by atoms with van der Waals surface area (Å²) < 4.78 is 2.00. The van der Waals surface area contributed by atoms with Gasteiger partial charge in [0.2, 0.25) is 0 Å². The summed E-state index contributed by atoms with van der Waals surface area (Å²) in [6.45, 7) is 4.66. The van der Waals surface area contributed by atoms with Crippen LogP contribution in [0.2, 0.25) is 0 Å². The third kappa shape index (κ3) is 2.57. The monoisotopic (exact) mass is 250 g/mol. The highest BCUT2D eigenvalue weighted by molar-refractivity contribution is 4.97. The molecule has 1 atom stereocenters. The molecule has 0 amide bonds. The summed E-state index contributed by atoms with van der Waals surface area (Å²) in [5, 5.41) is 13.8. The van der Waals surface area contributed by atoms with Crippen LogP contribution in [-0.4, -0.2) is 51.0 Å². The van der Waals surface area contributed by atoms with E-state index in [4.69, 9.17) is 0 Å². The van der Waals surface area contributed by atoms with Crippen LogP contribution in [0.1, 0.15) is 30.9 Å². The second-order valence-electron chi connectivity index (χ2n) is 5.51. The number of aliphatic hydroxyl groups is 1. The van der Waals surface area contributed by atoms with E-state index in [2.05, 4.69) is 15.0 Å². The smallest absolute Gasteiger partial charge is 0.152 e. The van der Waals surface area contributed by atoms with Crippen molar-refractivity contribution in [1.82, 2.24) is 19.7 Å². The van der Waals surface area contributed by atoms with Gasteiger partial charge in [0.25, 0.3) is 0 Å². The Morgan fingerprint density at radius 2 is 2.11 bits per heavy atom. The number of aryl methyl sites for hydroxylation is 1. The Morgan fingerprint density at radius 1 is 1.28 bits per heavy atom. The van der Waals surface area contributed by atoms with Gasteiger partial charge >= 0.3 is 0 Å². The summed E-state index contributed by atoms with van der Waals surface area (Å²) in [6.07, 6.45) is 5.64. The van der Waals surface area contributed by atoms with Crippen LogP contribution in [0.5, 0.6) is 0 Å². The molecule has 100 valence electrons. The van der Waals surface area contributed by atoms with Crippen LogP contribution >= 0.6 is 0 Å². The Hall–Kier alpha value is -0.940. The lowest BCUT2D eigenvalue weighted by Gasteiger charge is -2.19. The molecular weight excluding hydrogens is 228 g/mol. The molecule has 0 radical (unpaired) electrons. The molecule has 1 saturated heterocycles. The maximum atomic E-state index is 9.20. The van der Waals surface area contributed by atoms with Gasteiger partial charge in [-0.1, -0.05) is 0 Å². The topological polar surface area (TPSA) is 54.2 Å². The lowest BCUT2D eigenvalue weighted by molar-refractivity contribution is 0.185. The van der Waals surface area contributed by atoms with Crippen LogP contribution in [0.15, 0.2) is 0 Å². The second-order valence-corrected chi connectivity index (χ2v) is 5.51. The summed E-state index contributed by atoms with van der Waals surface area (Å²) in [4.78, 5) is 7.12. The molecule has 1 N–H and O–H groups in total. The zero-order valence-electron chi connectivity index (χ0n) is 10.9. The first-order valence-corrected chi connectivity index (χ1v) is 7.11. The molecule has 0 bridgehead atoms. The summed E-state index contributed by atoms with van der Waals surface area (Å²) in [6, 6.07) is 0. The largest absolute Gasteiger partial charge is 0.396 e. The first kappa shape index (κ1) is 12.1. The number of likely N-dealkylation sites (tertiary alicyclic amines) is 1. The average molecular weight is 250 g/mol. The quantitative estimate of drug-likeness (QED) is 0.844. The van der Waals surface area contributed by atoms with E-state index < -0.39 is 0 Å². The predicted molar refractivity (Wildman–Crippen MR) is 68.3 cm³/mol. The van der Waals surface area contributed by atoms with Crippen molar-refractivity contribution in [3.05, 3.63) is 11.6 Å². The van der Waals surface area contributed by atoms with E-state index >= 15 is 0 Å². The third-order valence-corrected chi connectivity index (χ3v) is 4.11. The van der Waals surface area contributed by atoms with Gasteiger partial charge < -0.3 is 10.0 Å². The number of hydrogen-bond donors (Lipinski definition) is 1. The average Bonchev–Trinajstić information content (AvgIpc) is 3.04. The van der Waals surface area contributed by atoms with E-state index in [1.165, 1.54) is 25.9 Å². The Morgan fingerprint density at radius 3 is 2.89 bits per heavy atom. The highest BCUT2D eigenvalue weighted by Crippen LogP contribution is 2.18. The van der Waals surface area contributed by atoms with Crippen LogP contribution in [0, 0.1) is 5.92 Å². The molecule has 3 heterocycles. The van der Waals surface area contributed by atoms with Crippen molar-refractivity contribution in [3.63, 3.8) is 0 Å². The van der Waals surface area contributed by atoms with Crippen molar-refractivity contribution in [2.75, 3.05) is 26.2 Å². The molecule has 0 saturated carbocycles. The molecular formula is C13H22N4O. The van der Waals surface area contributed by atoms with Crippen LogP contribution in [0.25, 0.3) is 0 Å². The van der Waals surface area contributed by atoms with Gasteiger partial charge in [-0.3, -0.25) is 0 Å². The van der Waals surface area contributed by atoms with Gasteiger partial charge in [-0.2, -0.15) is 5.10 Å². The molecule has 1 unspecified atom stereocenters. The first-order chi connectivity index (χ1) is 8.85. The number of fused-ring (bicyclic) bond motifs is 1. The fourth-order valence-corrected chi connectivity index (χ4v) is 2.95. The van der Waals surface area contributed by atoms with Crippen molar-refractivity contribution in [1.29, 1.82) is 0 Å². The lowest BCUT2D eigenvalue weighted by Crippen LogP contribution is -2.23. The van der Waals surface area contributed by atoms with Crippen LogP contribution in [0.3, 0.4) is 0 Å². The number of hydrogen-bond acceptors (Lipinski definition) is 4. The molecule has 0 aromatic carbocycles. The van der Waals surface area contributed by atoms with E-state index in [0.717, 1.165) is 44.0 Å². The molecule has 5 heteroatoms. The van der Waals surface area contributed by atoms with Crippen LogP contribution in [0.4, 0.5) is 0 Å². The van der Waals surface area contributed by atoms with Gasteiger partial charge in [-0.15, -0.1) is 0 Å². The van der Waals surface area contributed by atoms with Crippen LogP contribution in [-0.2, 0) is 19.4 Å². The predicted octanol–water partition coefficient (Wildman–Crippen LogP) is 0.471. The fourth-order valence-electron chi connectivity index (χ4n) is 2.95. The molecule has 1 aromatic rings. The Bertz CT molecular complexity index is 398. The molecule has 2 aliphatic rings. The summed E-state index contributed by atoms with van der Waals surface area (Å²) in [5.74, 6) is 2.46. The molecule has 3 rings (SSSR count). The Labute approximate surface area is 108 Å². The van der Waals surface area contributed by atoms with Gasteiger partial charge in [-0.05, 0) is 32.4 Å². The van der Waals surface area contributed by atoms with Crippen LogP contribution < -0.4 is 0 Å². The van der Waals surface area contributed by atoms with E-state index in [-0.39, 0.29) is 6.61 Å². The van der Waals surface area contributed by atoms with Crippen molar-refractivity contribution in [3.8, 4) is 0 Å². The number of aromatic nitrogens is 3. The van der Waals surface area contributed by atoms with Gasteiger partial charge in [0, 0.05) is 38.5 Å². The van der Waals surface area contributed by atoms with E-state index in [1.54, 1.807) is 0 Å². The van der Waals surface area contributed by atoms with Gasteiger partial charge in [0.1, 0.15) is 5.82 Å². The van der Waals surface area contributed by atoms with Crippen molar-refractivity contribution >= 4 is 0 Å². The van der Waals surface area contributed by atoms with E-state index in [9.17, 15) is 5.11 Å². The standard InChI is InChI=1S/C13H22N4O/c18-10-11-3-4-13-14-12(15-17(13)9-11)5-8-16-6-1-2-7-16/h11,18H,1-10H2. The van der Waals surface area contributed by atoms with E-state index in [0.29, 0.717) is 5.92 Å². The summed E-state index contributed by atoms with van der Waals surface area (Å²) >= 11 is 0. The van der Waals surface area contributed by atoms with Gasteiger partial charge in [0.05, 0.1) is 0 Å². The molecule has 2 aliphatic heterocycles. The van der Waals surface area contributed by atoms with Crippen molar-refractivity contribution in [2.45, 2.75) is 38.6 Å². The highest BCUT2D eigenvalue weighted by Gasteiger charge is 2.21. The van der Waals surface area contributed by atoms with Gasteiger partial charge in [0.15, 0.2) is 5.82 Å². The molecule has 5 nitrogen and oxygen atoms in total. The Balaban J connectivity index is 1.59. The zero-order chi connectivity index (χ0) is 12.4. The third-order valence-electron chi connectivity index (χ3n) is 4.11. The maximum Gasteiger partial charge on any atom is 0.152 e. The number of nitrogens with zero attached hydrogens (tertiary/aromatic N) is 4. The minimum absolute atomic E-state index is 0.266. The van der Waals surface area contributed by atoms with E-state index in [1.807, 2.05) is 4.68 Å². The Kier molecular flexibility index (Phi) is 3.61. The zero-order valence-corrected chi connectivity index (χ0v) is 10.9. The fraction of sp³-hybridized carbons (Fsp3) is 0.846. The molecule has 1 fully saturated rings.